The molecule has 1 heterocycles. The van der Waals surface area contributed by atoms with Gasteiger partial charge in [0.1, 0.15) is 0 Å². The third-order valence-corrected chi connectivity index (χ3v) is 5.25. The monoisotopic (exact) mass is 401 g/mol. The van der Waals surface area contributed by atoms with E-state index in [-0.39, 0.29) is 11.8 Å². The molecule has 2 amide bonds. The summed E-state index contributed by atoms with van der Waals surface area (Å²) in [4.78, 5) is 29.8. The highest BCUT2D eigenvalue weighted by Crippen LogP contribution is 2.25. The number of thiophene rings is 1. The van der Waals surface area contributed by atoms with E-state index in [2.05, 4.69) is 19.2 Å². The minimum atomic E-state index is -0.0173. The first-order valence-electron chi connectivity index (χ1n) is 9.70. The molecule has 1 N–H and O–H groups in total. The van der Waals surface area contributed by atoms with Crippen molar-refractivity contribution < 1.29 is 9.59 Å². The summed E-state index contributed by atoms with van der Waals surface area (Å²) in [5.41, 5.74) is 2.84. The Morgan fingerprint density at radius 3 is 2.50 bits per heavy atom. The second-order valence-corrected chi connectivity index (χ2v) is 8.60. The van der Waals surface area contributed by atoms with Gasteiger partial charge in [-0.1, -0.05) is 26.8 Å². The molecule has 0 saturated heterocycles. The van der Waals surface area contributed by atoms with Gasteiger partial charge in [0.05, 0.1) is 6.42 Å². The van der Waals surface area contributed by atoms with Gasteiger partial charge in [0.25, 0.3) is 0 Å². The molecule has 0 spiro atoms. The second-order valence-electron chi connectivity index (χ2n) is 7.56. The van der Waals surface area contributed by atoms with Crippen LogP contribution in [-0.4, -0.2) is 37.4 Å². The molecule has 2 aromatic rings. The molecular formula is C22H31N3O2S. The van der Waals surface area contributed by atoms with Gasteiger partial charge < -0.3 is 15.1 Å². The van der Waals surface area contributed by atoms with Crippen molar-refractivity contribution in [2.24, 2.45) is 5.92 Å². The van der Waals surface area contributed by atoms with Gasteiger partial charge in [-0.25, -0.2) is 0 Å². The van der Waals surface area contributed by atoms with Crippen LogP contribution in [0.15, 0.2) is 35.7 Å². The van der Waals surface area contributed by atoms with E-state index in [0.717, 1.165) is 21.8 Å². The maximum absolute atomic E-state index is 13.0. The predicted molar refractivity (Wildman–Crippen MR) is 118 cm³/mol. The van der Waals surface area contributed by atoms with Gasteiger partial charge in [-0.2, -0.15) is 0 Å². The van der Waals surface area contributed by atoms with Crippen LogP contribution in [0.25, 0.3) is 0 Å². The van der Waals surface area contributed by atoms with Gasteiger partial charge in [0.15, 0.2) is 0 Å². The molecule has 0 aliphatic rings. The van der Waals surface area contributed by atoms with Crippen LogP contribution < -0.4 is 10.2 Å². The quantitative estimate of drug-likeness (QED) is 0.678. The first-order valence-corrected chi connectivity index (χ1v) is 10.6. The van der Waals surface area contributed by atoms with E-state index in [1.165, 1.54) is 0 Å². The van der Waals surface area contributed by atoms with E-state index in [1.807, 2.05) is 66.5 Å². The number of hydrogen-bond acceptors (Lipinski definition) is 4. The number of nitrogens with one attached hydrogen (secondary N) is 1. The van der Waals surface area contributed by atoms with Gasteiger partial charge in [-0.15, -0.1) is 11.3 Å². The third-order valence-electron chi connectivity index (χ3n) is 4.37. The summed E-state index contributed by atoms with van der Waals surface area (Å²) in [7, 11) is 3.98. The van der Waals surface area contributed by atoms with E-state index in [9.17, 15) is 9.59 Å². The number of hydrogen-bond donors (Lipinski definition) is 1. The van der Waals surface area contributed by atoms with Crippen molar-refractivity contribution >= 4 is 34.5 Å². The molecule has 1 aromatic carbocycles. The normalized spacial score (nSPS) is 10.8. The van der Waals surface area contributed by atoms with E-state index in [4.69, 9.17) is 0 Å². The van der Waals surface area contributed by atoms with E-state index >= 15 is 0 Å². The number of rotatable bonds is 9. The largest absolute Gasteiger partial charge is 0.377 e. The average Bonchev–Trinajstić information content (AvgIpc) is 3.13. The lowest BCUT2D eigenvalue weighted by Gasteiger charge is -2.27. The van der Waals surface area contributed by atoms with Gasteiger partial charge in [-0.05, 0) is 41.1 Å². The second kappa shape index (κ2) is 10.3. The molecule has 0 radical (unpaired) electrons. The van der Waals surface area contributed by atoms with E-state index in [0.29, 0.717) is 31.8 Å². The van der Waals surface area contributed by atoms with Crippen LogP contribution in [-0.2, 0) is 22.6 Å². The highest BCUT2D eigenvalue weighted by atomic mass is 32.1. The number of benzene rings is 1. The predicted octanol–water partition coefficient (Wildman–Crippen LogP) is 4.39. The molecule has 1 aromatic heterocycles. The molecule has 0 bridgehead atoms. The smallest absolute Gasteiger partial charge is 0.228 e. The Morgan fingerprint density at radius 2 is 1.93 bits per heavy atom. The maximum atomic E-state index is 13.0. The molecule has 0 fully saturated rings. The zero-order valence-corrected chi connectivity index (χ0v) is 18.3. The van der Waals surface area contributed by atoms with Gasteiger partial charge in [-0.3, -0.25) is 9.59 Å². The van der Waals surface area contributed by atoms with Gasteiger partial charge >= 0.3 is 0 Å². The summed E-state index contributed by atoms with van der Waals surface area (Å²) in [6, 6.07) is 9.87. The Balaban J connectivity index is 2.28. The highest BCUT2D eigenvalue weighted by Gasteiger charge is 2.19. The molecule has 0 saturated carbocycles. The Hall–Kier alpha value is -2.34. The van der Waals surface area contributed by atoms with Crippen molar-refractivity contribution in [2.45, 2.75) is 40.2 Å². The number of nitrogens with zero attached hydrogens (tertiary/aromatic N) is 2. The first-order chi connectivity index (χ1) is 13.3. The minimum absolute atomic E-state index is 0.0173. The molecule has 0 aliphatic carbocycles. The first kappa shape index (κ1) is 22.0. The number of amides is 2. The lowest BCUT2D eigenvalue weighted by molar-refractivity contribution is -0.131. The molecule has 6 heteroatoms. The van der Waals surface area contributed by atoms with E-state index in [1.54, 1.807) is 11.3 Å². The number of carbonyl (C=O) groups excluding carboxylic acids is 2. The van der Waals surface area contributed by atoms with Crippen molar-refractivity contribution in [1.82, 2.24) is 4.90 Å². The van der Waals surface area contributed by atoms with Crippen molar-refractivity contribution in [1.29, 1.82) is 0 Å². The molecule has 0 atom stereocenters. The van der Waals surface area contributed by atoms with E-state index < -0.39 is 0 Å². The fourth-order valence-electron chi connectivity index (χ4n) is 3.05. The SMILES string of the molecule is CCC(=O)Nc1ccc(N(C)C)c(CN(CC(C)C)C(=O)Cc2cccs2)c1. The molecule has 5 nitrogen and oxygen atoms in total. The Kier molecular flexibility index (Phi) is 8.05. The standard InChI is InChI=1S/C22H31N3O2S/c1-6-21(26)23-18-9-10-20(24(4)5)17(12-18)15-25(14-16(2)3)22(27)13-19-8-7-11-28-19/h7-12,16H,6,13-15H2,1-5H3,(H,23,26). The Morgan fingerprint density at radius 1 is 1.18 bits per heavy atom. The summed E-state index contributed by atoms with van der Waals surface area (Å²) in [5.74, 6) is 0.485. The molecule has 2 rings (SSSR count). The number of carbonyl (C=O) groups is 2. The fraction of sp³-hybridized carbons (Fsp3) is 0.455. The maximum Gasteiger partial charge on any atom is 0.228 e. The van der Waals surface area contributed by atoms with Gasteiger partial charge in [0.2, 0.25) is 11.8 Å². The van der Waals surface area contributed by atoms with Crippen LogP contribution in [0.1, 0.15) is 37.6 Å². The topological polar surface area (TPSA) is 52.7 Å². The minimum Gasteiger partial charge on any atom is -0.377 e. The third kappa shape index (κ3) is 6.37. The summed E-state index contributed by atoms with van der Waals surface area (Å²) >= 11 is 1.61. The summed E-state index contributed by atoms with van der Waals surface area (Å²) in [6.07, 6.45) is 0.859. The van der Waals surface area contributed by atoms with Crippen molar-refractivity contribution in [3.63, 3.8) is 0 Å². The average molecular weight is 402 g/mol. The summed E-state index contributed by atoms with van der Waals surface area (Å²) < 4.78 is 0. The van der Waals surface area contributed by atoms with Crippen LogP contribution in [0, 0.1) is 5.92 Å². The van der Waals surface area contributed by atoms with Crippen LogP contribution in [0.2, 0.25) is 0 Å². The fourth-order valence-corrected chi connectivity index (χ4v) is 3.75. The van der Waals surface area contributed by atoms with Crippen LogP contribution in [0.3, 0.4) is 0 Å². The van der Waals surface area contributed by atoms with Crippen LogP contribution in [0.5, 0.6) is 0 Å². The van der Waals surface area contributed by atoms with Crippen molar-refractivity contribution in [3.05, 3.63) is 46.2 Å². The van der Waals surface area contributed by atoms with Crippen LogP contribution in [0.4, 0.5) is 11.4 Å². The Bertz CT molecular complexity index is 785. The van der Waals surface area contributed by atoms with Crippen molar-refractivity contribution in [3.8, 4) is 0 Å². The highest BCUT2D eigenvalue weighted by molar-refractivity contribution is 7.10. The zero-order chi connectivity index (χ0) is 20.7. The Labute approximate surface area is 172 Å². The lowest BCUT2D eigenvalue weighted by atomic mass is 10.1. The zero-order valence-electron chi connectivity index (χ0n) is 17.5. The lowest BCUT2D eigenvalue weighted by Crippen LogP contribution is -2.35. The number of anilines is 2. The van der Waals surface area contributed by atoms with Crippen molar-refractivity contribution in [2.75, 3.05) is 30.9 Å². The summed E-state index contributed by atoms with van der Waals surface area (Å²) in [5, 5.41) is 4.92. The molecular weight excluding hydrogens is 370 g/mol. The molecule has 152 valence electrons. The molecule has 0 aliphatic heterocycles. The van der Waals surface area contributed by atoms with Crippen LogP contribution >= 0.6 is 11.3 Å². The summed E-state index contributed by atoms with van der Waals surface area (Å²) in [6.45, 7) is 7.29. The molecule has 0 unspecified atom stereocenters. The van der Waals surface area contributed by atoms with Gasteiger partial charge in [0, 0.05) is 49.9 Å². The molecule has 28 heavy (non-hydrogen) atoms.